The first kappa shape index (κ1) is 22.7. The van der Waals surface area contributed by atoms with Gasteiger partial charge in [-0.05, 0) is 56.0 Å². The zero-order valence-corrected chi connectivity index (χ0v) is 20.3. The molecular weight excluding hydrogens is 471 g/mol. The smallest absolute Gasteiger partial charge is 0.274 e. The molecule has 3 heterocycles. The molecule has 0 saturated carbocycles. The highest BCUT2D eigenvalue weighted by molar-refractivity contribution is 7.15. The van der Waals surface area contributed by atoms with Gasteiger partial charge in [-0.15, -0.1) is 11.3 Å². The number of carbonyl (C=O) groups is 1. The second kappa shape index (κ2) is 9.68. The summed E-state index contributed by atoms with van der Waals surface area (Å²) in [5, 5.41) is 1.49. The molecule has 174 valence electrons. The predicted octanol–water partition coefficient (Wildman–Crippen LogP) is 6.54. The molecule has 1 N–H and O–H groups in total. The van der Waals surface area contributed by atoms with E-state index in [-0.39, 0.29) is 17.8 Å². The molecule has 0 aliphatic carbocycles. The highest BCUT2D eigenvalue weighted by Gasteiger charge is 2.31. The zero-order valence-electron chi connectivity index (χ0n) is 18.7. The van der Waals surface area contributed by atoms with Crippen molar-refractivity contribution in [2.45, 2.75) is 38.6 Å². The maximum absolute atomic E-state index is 13.7. The SMILES string of the molecule is Cc1nc(C(=O)N2CCCC[C@H]2Cc2ncc(-c3cccc(Cl)c3)[nH]2)c(-c2ccc(F)cc2)s1. The van der Waals surface area contributed by atoms with E-state index >= 15 is 0 Å². The minimum absolute atomic E-state index is 0.0303. The lowest BCUT2D eigenvalue weighted by Gasteiger charge is -2.35. The number of hydrogen-bond acceptors (Lipinski definition) is 4. The van der Waals surface area contributed by atoms with Gasteiger partial charge in [-0.3, -0.25) is 4.79 Å². The molecule has 4 aromatic rings. The molecule has 0 radical (unpaired) electrons. The van der Waals surface area contributed by atoms with E-state index in [9.17, 15) is 9.18 Å². The largest absolute Gasteiger partial charge is 0.342 e. The van der Waals surface area contributed by atoms with Crippen LogP contribution in [0.5, 0.6) is 0 Å². The molecule has 2 aromatic carbocycles. The van der Waals surface area contributed by atoms with Gasteiger partial charge >= 0.3 is 0 Å². The molecule has 5 nitrogen and oxygen atoms in total. The minimum atomic E-state index is -0.301. The van der Waals surface area contributed by atoms with Crippen molar-refractivity contribution in [3.8, 4) is 21.7 Å². The van der Waals surface area contributed by atoms with Gasteiger partial charge in [-0.25, -0.2) is 14.4 Å². The van der Waals surface area contributed by atoms with Crippen molar-refractivity contribution < 1.29 is 9.18 Å². The number of imidazole rings is 1. The number of halogens is 2. The second-order valence-electron chi connectivity index (χ2n) is 8.52. The van der Waals surface area contributed by atoms with Gasteiger partial charge in [-0.2, -0.15) is 0 Å². The van der Waals surface area contributed by atoms with Gasteiger partial charge in [0, 0.05) is 29.6 Å². The lowest BCUT2D eigenvalue weighted by molar-refractivity contribution is 0.0606. The number of aryl methyl sites for hydroxylation is 1. The highest BCUT2D eigenvalue weighted by Crippen LogP contribution is 2.33. The van der Waals surface area contributed by atoms with Gasteiger partial charge < -0.3 is 9.88 Å². The Bertz CT molecular complexity index is 1320. The maximum Gasteiger partial charge on any atom is 0.274 e. The third-order valence-electron chi connectivity index (χ3n) is 6.12. The van der Waals surface area contributed by atoms with Crippen molar-refractivity contribution in [1.29, 1.82) is 0 Å². The predicted molar refractivity (Wildman–Crippen MR) is 134 cm³/mol. The van der Waals surface area contributed by atoms with Crippen molar-refractivity contribution >= 4 is 28.8 Å². The molecule has 0 unspecified atom stereocenters. The van der Waals surface area contributed by atoms with Gasteiger partial charge in [0.15, 0.2) is 0 Å². The first-order valence-electron chi connectivity index (χ1n) is 11.3. The Morgan fingerprint density at radius 2 is 2.03 bits per heavy atom. The molecule has 5 rings (SSSR count). The van der Waals surface area contributed by atoms with Gasteiger partial charge in [0.25, 0.3) is 5.91 Å². The van der Waals surface area contributed by atoms with Gasteiger partial charge in [0.2, 0.25) is 0 Å². The van der Waals surface area contributed by atoms with E-state index < -0.39 is 0 Å². The Hall–Kier alpha value is -3.03. The van der Waals surface area contributed by atoms with E-state index in [1.165, 1.54) is 23.5 Å². The normalized spacial score (nSPS) is 16.1. The first-order valence-corrected chi connectivity index (χ1v) is 12.5. The Balaban J connectivity index is 1.39. The van der Waals surface area contributed by atoms with Gasteiger partial charge in [0.05, 0.1) is 21.8 Å². The lowest BCUT2D eigenvalue weighted by atomic mass is 9.98. The Morgan fingerprint density at radius 3 is 2.82 bits per heavy atom. The number of thiazole rings is 1. The van der Waals surface area contributed by atoms with E-state index in [1.54, 1.807) is 12.1 Å². The summed E-state index contributed by atoms with van der Waals surface area (Å²) in [6.07, 6.45) is 5.39. The Morgan fingerprint density at radius 1 is 1.21 bits per heavy atom. The minimum Gasteiger partial charge on any atom is -0.342 e. The third-order valence-corrected chi connectivity index (χ3v) is 7.38. The summed E-state index contributed by atoms with van der Waals surface area (Å²) < 4.78 is 13.4. The number of aromatic amines is 1. The number of carbonyl (C=O) groups excluding carboxylic acids is 1. The number of nitrogens with one attached hydrogen (secondary N) is 1. The van der Waals surface area contributed by atoms with Crippen molar-refractivity contribution in [2.24, 2.45) is 0 Å². The van der Waals surface area contributed by atoms with E-state index in [0.29, 0.717) is 23.7 Å². The Kier molecular flexibility index (Phi) is 6.48. The number of piperidine rings is 1. The molecule has 0 spiro atoms. The van der Waals surface area contributed by atoms with E-state index in [2.05, 4.69) is 15.0 Å². The number of benzene rings is 2. The van der Waals surface area contributed by atoms with Crippen molar-refractivity contribution in [3.05, 3.63) is 82.1 Å². The lowest BCUT2D eigenvalue weighted by Crippen LogP contribution is -2.45. The van der Waals surface area contributed by atoms with Crippen LogP contribution in [0.15, 0.2) is 54.7 Å². The number of rotatable bonds is 5. The first-order chi connectivity index (χ1) is 16.5. The number of hydrogen-bond donors (Lipinski definition) is 1. The number of nitrogens with zero attached hydrogens (tertiary/aromatic N) is 3. The molecule has 1 atom stereocenters. The van der Waals surface area contributed by atoms with Crippen LogP contribution in [0.3, 0.4) is 0 Å². The second-order valence-corrected chi connectivity index (χ2v) is 10.2. The average molecular weight is 495 g/mol. The van der Waals surface area contributed by atoms with Crippen LogP contribution in [0.1, 0.15) is 40.6 Å². The molecule has 1 aliphatic heterocycles. The summed E-state index contributed by atoms with van der Waals surface area (Å²) in [4.78, 5) is 29.0. The van der Waals surface area contributed by atoms with Crippen molar-refractivity contribution in [2.75, 3.05) is 6.54 Å². The van der Waals surface area contributed by atoms with E-state index in [4.69, 9.17) is 11.6 Å². The van der Waals surface area contributed by atoms with E-state index in [1.807, 2.05) is 42.3 Å². The maximum atomic E-state index is 13.7. The van der Waals surface area contributed by atoms with Crippen LogP contribution in [0.2, 0.25) is 5.02 Å². The molecule has 0 bridgehead atoms. The summed E-state index contributed by atoms with van der Waals surface area (Å²) >= 11 is 7.60. The third kappa shape index (κ3) is 4.76. The summed E-state index contributed by atoms with van der Waals surface area (Å²) in [6.45, 7) is 2.58. The van der Waals surface area contributed by atoms with Crippen LogP contribution < -0.4 is 0 Å². The topological polar surface area (TPSA) is 61.9 Å². The summed E-state index contributed by atoms with van der Waals surface area (Å²) in [6, 6.07) is 13.9. The molecule has 1 saturated heterocycles. The van der Waals surface area contributed by atoms with Crippen LogP contribution in [0, 0.1) is 12.7 Å². The molecule has 1 amide bonds. The number of amides is 1. The van der Waals surface area contributed by atoms with Crippen LogP contribution >= 0.6 is 22.9 Å². The summed E-state index contributed by atoms with van der Waals surface area (Å²) in [7, 11) is 0. The van der Waals surface area contributed by atoms with E-state index in [0.717, 1.165) is 51.8 Å². The molecule has 34 heavy (non-hydrogen) atoms. The molecular formula is C26H24ClFN4OS. The van der Waals surface area contributed by atoms with Gasteiger partial charge in [-0.1, -0.05) is 35.9 Å². The zero-order chi connectivity index (χ0) is 23.7. The highest BCUT2D eigenvalue weighted by atomic mass is 35.5. The van der Waals surface area contributed by atoms with Crippen LogP contribution in [0.25, 0.3) is 21.7 Å². The number of aromatic nitrogens is 3. The molecule has 1 aliphatic rings. The van der Waals surface area contributed by atoms with Crippen LogP contribution in [-0.2, 0) is 6.42 Å². The average Bonchev–Trinajstić information content (AvgIpc) is 3.46. The van der Waals surface area contributed by atoms with Crippen molar-refractivity contribution in [1.82, 2.24) is 19.9 Å². The fraction of sp³-hybridized carbons (Fsp3) is 0.269. The van der Waals surface area contributed by atoms with Gasteiger partial charge in [0.1, 0.15) is 17.3 Å². The monoisotopic (exact) mass is 494 g/mol. The number of H-pyrrole nitrogens is 1. The number of likely N-dealkylation sites (tertiary alicyclic amines) is 1. The fourth-order valence-electron chi connectivity index (χ4n) is 4.48. The fourth-order valence-corrected chi connectivity index (χ4v) is 5.58. The quantitative estimate of drug-likeness (QED) is 0.342. The summed E-state index contributed by atoms with van der Waals surface area (Å²) in [5.41, 5.74) is 3.13. The molecule has 1 fully saturated rings. The van der Waals surface area contributed by atoms with Crippen molar-refractivity contribution in [3.63, 3.8) is 0 Å². The molecule has 2 aromatic heterocycles. The Labute approximate surface area is 206 Å². The van der Waals surface area contributed by atoms with Crippen LogP contribution in [0.4, 0.5) is 4.39 Å². The molecule has 8 heteroatoms. The standard InChI is InChI=1S/C26H24ClFN4OS/c1-16-30-24(25(34-16)17-8-10-20(28)11-9-17)26(33)32-12-3-2-7-21(32)14-23-29-15-22(31-23)18-5-4-6-19(27)13-18/h4-6,8-11,13,15,21H,2-3,7,12,14H2,1H3,(H,29,31)/t21-/m0/s1. The summed E-state index contributed by atoms with van der Waals surface area (Å²) in [5.74, 6) is 0.465. The van der Waals surface area contributed by atoms with Crippen LogP contribution in [-0.4, -0.2) is 38.3 Å².